The molecule has 0 saturated carbocycles. The van der Waals surface area contributed by atoms with E-state index in [-0.39, 0.29) is 24.0 Å². The number of amides is 2. The van der Waals surface area contributed by atoms with Crippen LogP contribution in [-0.2, 0) is 23.9 Å². The number of hydrogen-bond donors (Lipinski definition) is 2. The number of hydrogen-bond acceptors (Lipinski definition) is 7. The van der Waals surface area contributed by atoms with E-state index in [1.807, 2.05) is 6.92 Å². The number of nitrogens with zero attached hydrogens (tertiary/aromatic N) is 1. The van der Waals surface area contributed by atoms with Gasteiger partial charge < -0.3 is 15.2 Å². The number of aliphatic carboxylic acids is 1. The molecule has 0 aromatic carbocycles. The lowest BCUT2D eigenvalue weighted by molar-refractivity contribution is -0.150. The SMILES string of the molecule is CCCSCC(=O)N[C@@H]1C(=O)N2C(C(=O)O)=C(COC(C)=O)CS[C@H]12. The molecule has 1 saturated heterocycles. The summed E-state index contributed by atoms with van der Waals surface area (Å²) in [5.41, 5.74) is 0.224. The molecule has 138 valence electrons. The zero-order valence-corrected chi connectivity index (χ0v) is 15.6. The fourth-order valence-corrected chi connectivity index (χ4v) is 4.54. The Bertz CT molecular complexity index is 621. The van der Waals surface area contributed by atoms with Crippen molar-refractivity contribution in [3.05, 3.63) is 11.3 Å². The van der Waals surface area contributed by atoms with Crippen molar-refractivity contribution in [3.8, 4) is 0 Å². The molecule has 2 N–H and O–H groups in total. The molecule has 0 radical (unpaired) electrons. The van der Waals surface area contributed by atoms with Gasteiger partial charge in [-0.15, -0.1) is 11.8 Å². The standard InChI is InChI=1S/C15H20N2O6S2/c1-3-4-24-7-10(19)16-11-13(20)17-12(15(21)22)9(5-23-8(2)18)6-25-14(11)17/h11,14H,3-7H2,1-2H3,(H,16,19)(H,21,22)/t11-,14-/m1/s1. The molecule has 0 unspecified atom stereocenters. The van der Waals surface area contributed by atoms with Gasteiger partial charge in [0, 0.05) is 18.2 Å². The van der Waals surface area contributed by atoms with Crippen LogP contribution >= 0.6 is 23.5 Å². The van der Waals surface area contributed by atoms with Gasteiger partial charge in [0.2, 0.25) is 5.91 Å². The van der Waals surface area contributed by atoms with Crippen molar-refractivity contribution in [3.63, 3.8) is 0 Å². The highest BCUT2D eigenvalue weighted by atomic mass is 32.2. The largest absolute Gasteiger partial charge is 0.477 e. The summed E-state index contributed by atoms with van der Waals surface area (Å²) in [6.07, 6.45) is 0.963. The zero-order chi connectivity index (χ0) is 18.6. The number of carboxylic acids is 1. The van der Waals surface area contributed by atoms with E-state index in [0.29, 0.717) is 11.3 Å². The molecule has 0 aliphatic carbocycles. The van der Waals surface area contributed by atoms with E-state index < -0.39 is 29.3 Å². The highest BCUT2D eigenvalue weighted by Crippen LogP contribution is 2.40. The van der Waals surface area contributed by atoms with Gasteiger partial charge in [-0.2, -0.15) is 11.8 Å². The van der Waals surface area contributed by atoms with E-state index in [9.17, 15) is 24.3 Å². The molecular weight excluding hydrogens is 368 g/mol. The van der Waals surface area contributed by atoms with Crippen molar-refractivity contribution in [1.82, 2.24) is 10.2 Å². The second-order valence-corrected chi connectivity index (χ2v) is 7.76. The van der Waals surface area contributed by atoms with E-state index in [1.165, 1.54) is 35.3 Å². The van der Waals surface area contributed by atoms with Crippen molar-refractivity contribution in [1.29, 1.82) is 0 Å². The summed E-state index contributed by atoms with van der Waals surface area (Å²) in [6.45, 7) is 3.09. The summed E-state index contributed by atoms with van der Waals surface area (Å²) in [5, 5.41) is 11.7. The normalized spacial score (nSPS) is 22.2. The number of carbonyl (C=O) groups excluding carboxylic acids is 3. The van der Waals surface area contributed by atoms with Gasteiger partial charge in [-0.05, 0) is 12.2 Å². The molecule has 2 amide bonds. The lowest BCUT2D eigenvalue weighted by Crippen LogP contribution is -2.70. The van der Waals surface area contributed by atoms with Crippen LogP contribution in [0.4, 0.5) is 0 Å². The minimum Gasteiger partial charge on any atom is -0.477 e. The van der Waals surface area contributed by atoms with Gasteiger partial charge in [0.1, 0.15) is 23.7 Å². The van der Waals surface area contributed by atoms with Crippen molar-refractivity contribution < 1.29 is 29.0 Å². The number of carboxylic acid groups (broad SMARTS) is 1. The van der Waals surface area contributed by atoms with E-state index in [2.05, 4.69) is 5.32 Å². The minimum atomic E-state index is -1.25. The molecular formula is C15H20N2O6S2. The van der Waals surface area contributed by atoms with Crippen LogP contribution in [0.1, 0.15) is 20.3 Å². The van der Waals surface area contributed by atoms with Crippen LogP contribution in [0.2, 0.25) is 0 Å². The average Bonchev–Trinajstić information content (AvgIpc) is 2.56. The molecule has 0 aromatic heterocycles. The predicted octanol–water partition coefficient (Wildman–Crippen LogP) is 0.431. The third-order valence-electron chi connectivity index (χ3n) is 3.60. The van der Waals surface area contributed by atoms with Crippen LogP contribution in [-0.4, -0.2) is 69.0 Å². The van der Waals surface area contributed by atoms with Crippen LogP contribution in [0.5, 0.6) is 0 Å². The number of fused-ring (bicyclic) bond motifs is 1. The van der Waals surface area contributed by atoms with Gasteiger partial charge in [-0.25, -0.2) is 4.79 Å². The molecule has 10 heteroatoms. The molecule has 1 fully saturated rings. The van der Waals surface area contributed by atoms with Crippen LogP contribution < -0.4 is 5.32 Å². The van der Waals surface area contributed by atoms with E-state index >= 15 is 0 Å². The van der Waals surface area contributed by atoms with Crippen LogP contribution in [0.3, 0.4) is 0 Å². The molecule has 2 aliphatic heterocycles. The van der Waals surface area contributed by atoms with Crippen LogP contribution in [0.15, 0.2) is 11.3 Å². The molecule has 2 heterocycles. The Labute approximate surface area is 153 Å². The maximum atomic E-state index is 12.3. The third-order valence-corrected chi connectivity index (χ3v) is 6.10. The summed E-state index contributed by atoms with van der Waals surface area (Å²) < 4.78 is 4.87. The first kappa shape index (κ1) is 19.6. The van der Waals surface area contributed by atoms with Crippen LogP contribution in [0.25, 0.3) is 0 Å². The lowest BCUT2D eigenvalue weighted by Gasteiger charge is -2.49. The topological polar surface area (TPSA) is 113 Å². The second-order valence-electron chi connectivity index (χ2n) is 5.55. The fraction of sp³-hybridized carbons (Fsp3) is 0.600. The Kier molecular flexibility index (Phi) is 6.77. The first-order chi connectivity index (χ1) is 11.9. The predicted molar refractivity (Wildman–Crippen MR) is 93.9 cm³/mol. The second kappa shape index (κ2) is 8.61. The number of carbonyl (C=O) groups is 4. The number of esters is 1. The number of β-lactam (4-membered cyclic amide) rings is 1. The number of rotatable bonds is 8. The Balaban J connectivity index is 2.04. The summed E-state index contributed by atoms with van der Waals surface area (Å²) in [7, 11) is 0. The summed E-state index contributed by atoms with van der Waals surface area (Å²) in [6, 6.07) is -0.718. The molecule has 25 heavy (non-hydrogen) atoms. The van der Waals surface area contributed by atoms with Crippen molar-refractivity contribution in [2.24, 2.45) is 0 Å². The highest BCUT2D eigenvalue weighted by Gasteiger charge is 2.54. The van der Waals surface area contributed by atoms with Gasteiger partial charge in [0.15, 0.2) is 0 Å². The smallest absolute Gasteiger partial charge is 0.352 e. The summed E-state index contributed by atoms with van der Waals surface area (Å²) >= 11 is 2.84. The van der Waals surface area contributed by atoms with Crippen molar-refractivity contribution in [2.45, 2.75) is 31.7 Å². The first-order valence-electron chi connectivity index (χ1n) is 7.77. The lowest BCUT2D eigenvalue weighted by atomic mass is 10.0. The Morgan fingerprint density at radius 2 is 2.16 bits per heavy atom. The van der Waals surface area contributed by atoms with E-state index in [4.69, 9.17) is 4.74 Å². The number of ether oxygens (including phenoxy) is 1. The molecule has 2 rings (SSSR count). The van der Waals surface area contributed by atoms with Gasteiger partial charge in [0.25, 0.3) is 5.91 Å². The third kappa shape index (κ3) is 4.49. The molecule has 8 nitrogen and oxygen atoms in total. The van der Waals surface area contributed by atoms with Crippen molar-refractivity contribution >= 4 is 47.3 Å². The molecule has 0 spiro atoms. The highest BCUT2D eigenvalue weighted by molar-refractivity contribution is 8.00. The van der Waals surface area contributed by atoms with E-state index in [0.717, 1.165) is 12.2 Å². The number of thioether (sulfide) groups is 2. The maximum Gasteiger partial charge on any atom is 0.352 e. The monoisotopic (exact) mass is 388 g/mol. The molecule has 2 aliphatic rings. The van der Waals surface area contributed by atoms with E-state index in [1.54, 1.807) is 0 Å². The fourth-order valence-electron chi connectivity index (χ4n) is 2.51. The first-order valence-corrected chi connectivity index (χ1v) is 9.97. The average molecular weight is 388 g/mol. The Hall–Kier alpha value is -1.68. The zero-order valence-electron chi connectivity index (χ0n) is 13.9. The molecule has 0 bridgehead atoms. The van der Waals surface area contributed by atoms with Gasteiger partial charge in [-0.1, -0.05) is 6.92 Å². The van der Waals surface area contributed by atoms with Crippen molar-refractivity contribution in [2.75, 3.05) is 23.9 Å². The summed E-state index contributed by atoms with van der Waals surface area (Å²) in [5.74, 6) is -0.999. The Morgan fingerprint density at radius 3 is 2.76 bits per heavy atom. The molecule has 2 atom stereocenters. The summed E-state index contributed by atoms with van der Waals surface area (Å²) in [4.78, 5) is 47.9. The van der Waals surface area contributed by atoms with Crippen LogP contribution in [0, 0.1) is 0 Å². The minimum absolute atomic E-state index is 0.152. The van der Waals surface area contributed by atoms with Gasteiger partial charge in [0.05, 0.1) is 5.75 Å². The molecule has 0 aromatic rings. The quantitative estimate of drug-likeness (QED) is 0.350. The number of nitrogens with one attached hydrogen (secondary N) is 1. The Morgan fingerprint density at radius 1 is 1.44 bits per heavy atom. The maximum absolute atomic E-state index is 12.3. The van der Waals surface area contributed by atoms with Gasteiger partial charge in [-0.3, -0.25) is 19.3 Å². The van der Waals surface area contributed by atoms with Gasteiger partial charge >= 0.3 is 11.9 Å².